The van der Waals surface area contributed by atoms with Crippen LogP contribution < -0.4 is 10.4 Å². The molecule has 0 unspecified atom stereocenters. The summed E-state index contributed by atoms with van der Waals surface area (Å²) in [5, 5.41) is 1.11. The van der Waals surface area contributed by atoms with Crippen molar-refractivity contribution in [1.29, 1.82) is 0 Å². The van der Waals surface area contributed by atoms with Gasteiger partial charge in [-0.15, -0.1) is 0 Å². The number of hydrogen-bond acceptors (Lipinski definition) is 4. The summed E-state index contributed by atoms with van der Waals surface area (Å²) in [5.74, 6) is 1.25. The van der Waals surface area contributed by atoms with Gasteiger partial charge in [0, 0.05) is 23.8 Å². The van der Waals surface area contributed by atoms with E-state index in [1.54, 1.807) is 16.8 Å². The third-order valence-electron chi connectivity index (χ3n) is 4.87. The van der Waals surface area contributed by atoms with Crippen molar-refractivity contribution >= 4 is 22.1 Å². The molecule has 1 N–H and O–H groups in total. The van der Waals surface area contributed by atoms with Gasteiger partial charge in [-0.2, -0.15) is 0 Å². The molecule has 0 atom stereocenters. The van der Waals surface area contributed by atoms with Crippen LogP contribution in [-0.2, 0) is 0 Å². The van der Waals surface area contributed by atoms with E-state index in [4.69, 9.17) is 4.74 Å². The van der Waals surface area contributed by atoms with Crippen molar-refractivity contribution in [2.45, 2.75) is 25.7 Å². The summed E-state index contributed by atoms with van der Waals surface area (Å²) in [6.45, 7) is 2.44. The maximum atomic E-state index is 12.7. The summed E-state index contributed by atoms with van der Waals surface area (Å²) in [6.07, 6.45) is 5.94. The van der Waals surface area contributed by atoms with Crippen molar-refractivity contribution < 1.29 is 4.74 Å². The molecule has 0 bridgehead atoms. The molecule has 130 valence electrons. The zero-order valence-electron chi connectivity index (χ0n) is 14.4. The van der Waals surface area contributed by atoms with Gasteiger partial charge in [-0.1, -0.05) is 0 Å². The Morgan fingerprint density at radius 2 is 2.04 bits per heavy atom. The Kier molecular flexibility index (Phi) is 3.31. The zero-order valence-corrected chi connectivity index (χ0v) is 14.4. The highest BCUT2D eigenvalue weighted by Crippen LogP contribution is 2.43. The molecule has 6 heteroatoms. The van der Waals surface area contributed by atoms with Gasteiger partial charge < -0.3 is 4.74 Å². The number of fused-ring (bicyclic) bond motifs is 2. The molecule has 1 aliphatic carbocycles. The van der Waals surface area contributed by atoms with E-state index < -0.39 is 0 Å². The monoisotopic (exact) mass is 346 g/mol. The second-order valence-electron chi connectivity index (χ2n) is 6.58. The molecular formula is C20H18N4O2. The number of hydrogen-bond donors (Lipinski definition) is 1. The molecule has 0 aliphatic heterocycles. The van der Waals surface area contributed by atoms with E-state index in [1.165, 1.54) is 18.4 Å². The largest absolute Gasteiger partial charge is 0.491 e. The average Bonchev–Trinajstić information content (AvgIpc) is 3.43. The van der Waals surface area contributed by atoms with Gasteiger partial charge in [0.1, 0.15) is 11.3 Å². The fraction of sp³-hybridized carbons (Fsp3) is 0.250. The molecule has 3 aromatic heterocycles. The number of nitrogens with zero attached hydrogens (tertiary/aromatic N) is 3. The molecule has 5 rings (SSSR count). The van der Waals surface area contributed by atoms with Gasteiger partial charge >= 0.3 is 5.69 Å². The Labute approximate surface area is 149 Å². The minimum absolute atomic E-state index is 0.226. The summed E-state index contributed by atoms with van der Waals surface area (Å²) in [6, 6.07) is 9.82. The van der Waals surface area contributed by atoms with Crippen LogP contribution in [0.15, 0.2) is 47.5 Å². The second kappa shape index (κ2) is 5.69. The first-order chi connectivity index (χ1) is 12.8. The van der Waals surface area contributed by atoms with Crippen molar-refractivity contribution in [2.24, 2.45) is 0 Å². The Balaban J connectivity index is 1.79. The van der Waals surface area contributed by atoms with Crippen LogP contribution in [0, 0.1) is 0 Å². The van der Waals surface area contributed by atoms with E-state index in [0.717, 1.165) is 16.6 Å². The highest BCUT2D eigenvalue weighted by atomic mass is 16.5. The van der Waals surface area contributed by atoms with Crippen molar-refractivity contribution in [3.05, 3.63) is 58.8 Å². The number of pyridine rings is 2. The number of benzene rings is 1. The van der Waals surface area contributed by atoms with Crippen LogP contribution in [0.4, 0.5) is 0 Å². The summed E-state index contributed by atoms with van der Waals surface area (Å²) < 4.78 is 7.36. The lowest BCUT2D eigenvalue weighted by molar-refractivity contribution is 0.343. The predicted molar refractivity (Wildman–Crippen MR) is 100 cm³/mol. The van der Waals surface area contributed by atoms with Gasteiger partial charge in [-0.25, -0.2) is 9.78 Å². The van der Waals surface area contributed by atoms with E-state index in [2.05, 4.69) is 21.0 Å². The maximum absolute atomic E-state index is 12.7. The van der Waals surface area contributed by atoms with Crippen LogP contribution in [0.1, 0.15) is 31.2 Å². The molecule has 6 nitrogen and oxygen atoms in total. The second-order valence-corrected chi connectivity index (χ2v) is 6.58. The Morgan fingerprint density at radius 3 is 2.85 bits per heavy atom. The molecule has 0 amide bonds. The molecule has 4 aromatic rings. The highest BCUT2D eigenvalue weighted by Gasteiger charge is 2.25. The number of ether oxygens (including phenoxy) is 1. The average molecular weight is 346 g/mol. The van der Waals surface area contributed by atoms with E-state index in [0.29, 0.717) is 29.4 Å². The molecule has 0 saturated heterocycles. The first kappa shape index (κ1) is 15.1. The zero-order chi connectivity index (χ0) is 17.7. The topological polar surface area (TPSA) is 72.8 Å². The number of nitrogens with one attached hydrogen (secondary N) is 1. The molecule has 0 radical (unpaired) electrons. The summed E-state index contributed by atoms with van der Waals surface area (Å²) in [4.78, 5) is 24.2. The summed E-state index contributed by atoms with van der Waals surface area (Å²) in [7, 11) is 0. The third-order valence-corrected chi connectivity index (χ3v) is 4.87. The van der Waals surface area contributed by atoms with Gasteiger partial charge in [0.25, 0.3) is 0 Å². The van der Waals surface area contributed by atoms with Crippen molar-refractivity contribution in [1.82, 2.24) is 19.5 Å². The van der Waals surface area contributed by atoms with Gasteiger partial charge in [0.15, 0.2) is 5.65 Å². The van der Waals surface area contributed by atoms with Gasteiger partial charge in [-0.05, 0) is 55.5 Å². The third kappa shape index (κ3) is 2.29. The Morgan fingerprint density at radius 1 is 1.19 bits per heavy atom. The van der Waals surface area contributed by atoms with Crippen molar-refractivity contribution in [3.8, 4) is 11.4 Å². The van der Waals surface area contributed by atoms with Crippen LogP contribution in [-0.4, -0.2) is 26.1 Å². The van der Waals surface area contributed by atoms with Crippen molar-refractivity contribution in [3.63, 3.8) is 0 Å². The van der Waals surface area contributed by atoms with E-state index in [-0.39, 0.29) is 5.69 Å². The van der Waals surface area contributed by atoms with Gasteiger partial charge in [-0.3, -0.25) is 14.5 Å². The molecule has 26 heavy (non-hydrogen) atoms. The summed E-state index contributed by atoms with van der Waals surface area (Å²) >= 11 is 0. The fourth-order valence-corrected chi connectivity index (χ4v) is 3.57. The number of imidazole rings is 1. The molecule has 1 fully saturated rings. The molecule has 1 saturated carbocycles. The van der Waals surface area contributed by atoms with E-state index in [1.807, 2.05) is 31.3 Å². The lowest BCUT2D eigenvalue weighted by Crippen LogP contribution is -2.15. The number of rotatable bonds is 4. The Bertz CT molecular complexity index is 1190. The SMILES string of the molecule is CCOc1ccnc2[nH]c(=O)n(-c3ccc4nccc(C5CC5)c4c3)c12. The number of H-pyrrole nitrogens is 1. The maximum Gasteiger partial charge on any atom is 0.332 e. The number of aromatic amines is 1. The fourth-order valence-electron chi connectivity index (χ4n) is 3.57. The van der Waals surface area contributed by atoms with Crippen LogP contribution in [0.2, 0.25) is 0 Å². The number of aromatic nitrogens is 4. The van der Waals surface area contributed by atoms with E-state index >= 15 is 0 Å². The van der Waals surface area contributed by atoms with E-state index in [9.17, 15) is 4.79 Å². The molecule has 1 aromatic carbocycles. The first-order valence-electron chi connectivity index (χ1n) is 8.88. The standard InChI is InChI=1S/C20H18N4O2/c1-2-26-17-8-10-22-19-18(17)24(20(25)23-19)13-5-6-16-15(11-13)14(7-9-21-16)12-3-4-12/h5-12H,2-4H2,1H3,(H,22,23,25). The van der Waals surface area contributed by atoms with Gasteiger partial charge in [0.2, 0.25) is 0 Å². The quantitative estimate of drug-likeness (QED) is 0.613. The Hall–Kier alpha value is -3.15. The normalized spacial score (nSPS) is 14.2. The van der Waals surface area contributed by atoms with Crippen LogP contribution in [0.25, 0.3) is 27.8 Å². The van der Waals surface area contributed by atoms with Gasteiger partial charge in [0.05, 0.1) is 17.8 Å². The highest BCUT2D eigenvalue weighted by molar-refractivity contribution is 5.87. The molecule has 0 spiro atoms. The molecular weight excluding hydrogens is 328 g/mol. The summed E-state index contributed by atoms with van der Waals surface area (Å²) in [5.41, 5.74) is 4.01. The predicted octanol–water partition coefficient (Wildman–Crippen LogP) is 3.54. The lowest BCUT2D eigenvalue weighted by atomic mass is 10.0. The minimum Gasteiger partial charge on any atom is -0.491 e. The molecule has 1 aliphatic rings. The van der Waals surface area contributed by atoms with Crippen LogP contribution >= 0.6 is 0 Å². The first-order valence-corrected chi connectivity index (χ1v) is 8.88. The lowest BCUT2D eigenvalue weighted by Gasteiger charge is -2.10. The molecule has 3 heterocycles. The van der Waals surface area contributed by atoms with Crippen LogP contribution in [0.3, 0.4) is 0 Å². The van der Waals surface area contributed by atoms with Crippen LogP contribution in [0.5, 0.6) is 5.75 Å². The smallest absolute Gasteiger partial charge is 0.332 e. The minimum atomic E-state index is -0.226. The van der Waals surface area contributed by atoms with Crippen molar-refractivity contribution in [2.75, 3.05) is 6.61 Å².